The topological polar surface area (TPSA) is 113 Å². The zero-order valence-electron chi connectivity index (χ0n) is 13.1. The van der Waals surface area contributed by atoms with Gasteiger partial charge in [-0.1, -0.05) is 0 Å². The second kappa shape index (κ2) is 7.05. The van der Waals surface area contributed by atoms with Crippen molar-refractivity contribution in [1.82, 2.24) is 14.8 Å². The number of methoxy groups -OCH3 is 1. The number of aryl methyl sites for hydroxylation is 1. The van der Waals surface area contributed by atoms with Crippen LogP contribution in [0.1, 0.15) is 17.7 Å². The van der Waals surface area contributed by atoms with Crippen molar-refractivity contribution in [3.8, 4) is 17.4 Å². The number of hydrogen-bond acceptors (Lipinski definition) is 7. The third-order valence-electron chi connectivity index (χ3n) is 3.17. The molecule has 0 saturated heterocycles. The van der Waals surface area contributed by atoms with E-state index in [1.165, 1.54) is 11.8 Å². The summed E-state index contributed by atoms with van der Waals surface area (Å²) >= 11 is 0. The highest BCUT2D eigenvalue weighted by molar-refractivity contribution is 5.52. The van der Waals surface area contributed by atoms with E-state index in [0.717, 1.165) is 5.56 Å². The summed E-state index contributed by atoms with van der Waals surface area (Å²) < 4.78 is 11.9. The Balaban J connectivity index is 2.53. The molecular weight excluding hydrogens is 304 g/mol. The van der Waals surface area contributed by atoms with Gasteiger partial charge in [-0.3, -0.25) is 10.1 Å². The first-order valence-electron chi connectivity index (χ1n) is 6.98. The highest BCUT2D eigenvalue weighted by Gasteiger charge is 2.28. The van der Waals surface area contributed by atoms with Crippen LogP contribution >= 0.6 is 0 Å². The van der Waals surface area contributed by atoms with Gasteiger partial charge in [-0.2, -0.15) is 0 Å². The predicted molar refractivity (Wildman–Crippen MR) is 81.2 cm³/mol. The lowest BCUT2D eigenvalue weighted by Crippen LogP contribution is -2.05. The quantitative estimate of drug-likeness (QED) is 0.467. The van der Waals surface area contributed by atoms with Crippen LogP contribution in [-0.2, 0) is 0 Å². The number of hydrogen-bond donors (Lipinski definition) is 1. The molecule has 0 aliphatic carbocycles. The molecule has 2 aromatic heterocycles. The molecule has 0 unspecified atom stereocenters. The van der Waals surface area contributed by atoms with Crippen molar-refractivity contribution in [1.29, 1.82) is 0 Å². The standard InChI is InChI=1S/C14H18N4O5/c1-9-7-11(13(22-3)15-8-9)17-10(2)12(18(20)21)14(16-17)23-6-4-5-19/h7-8,19H,4-6H2,1-3H3. The van der Waals surface area contributed by atoms with Crippen LogP contribution in [0.5, 0.6) is 11.8 Å². The number of nitrogens with zero attached hydrogens (tertiary/aromatic N) is 4. The monoisotopic (exact) mass is 322 g/mol. The first kappa shape index (κ1) is 16.7. The van der Waals surface area contributed by atoms with Gasteiger partial charge in [0.15, 0.2) is 0 Å². The zero-order chi connectivity index (χ0) is 17.0. The van der Waals surface area contributed by atoms with E-state index in [9.17, 15) is 10.1 Å². The second-order valence-electron chi connectivity index (χ2n) is 4.87. The molecule has 0 bridgehead atoms. The number of ether oxygens (including phenoxy) is 2. The molecule has 0 spiro atoms. The van der Waals surface area contributed by atoms with Gasteiger partial charge in [-0.05, 0) is 25.5 Å². The minimum atomic E-state index is -0.539. The van der Waals surface area contributed by atoms with Gasteiger partial charge in [0.1, 0.15) is 11.4 Å². The Morgan fingerprint density at radius 1 is 1.39 bits per heavy atom. The van der Waals surface area contributed by atoms with Crippen molar-refractivity contribution in [3.63, 3.8) is 0 Å². The van der Waals surface area contributed by atoms with E-state index in [1.807, 2.05) is 6.92 Å². The lowest BCUT2D eigenvalue weighted by Gasteiger charge is -2.09. The molecule has 0 aromatic carbocycles. The maximum atomic E-state index is 11.3. The van der Waals surface area contributed by atoms with Gasteiger partial charge >= 0.3 is 11.6 Å². The van der Waals surface area contributed by atoms with E-state index in [4.69, 9.17) is 14.6 Å². The van der Waals surface area contributed by atoms with Gasteiger partial charge < -0.3 is 14.6 Å². The molecule has 0 aliphatic heterocycles. The van der Waals surface area contributed by atoms with E-state index in [2.05, 4.69) is 10.1 Å². The molecule has 0 saturated carbocycles. The number of pyridine rings is 1. The average molecular weight is 322 g/mol. The fraction of sp³-hybridized carbons (Fsp3) is 0.429. The Morgan fingerprint density at radius 3 is 2.74 bits per heavy atom. The number of nitro groups is 1. The number of aromatic nitrogens is 3. The Labute approximate surface area is 132 Å². The minimum absolute atomic E-state index is 0.0664. The van der Waals surface area contributed by atoms with Crippen molar-refractivity contribution >= 4 is 5.69 Å². The van der Waals surface area contributed by atoms with Gasteiger partial charge in [0.2, 0.25) is 5.88 Å². The summed E-state index contributed by atoms with van der Waals surface area (Å²) in [6.45, 7) is 3.49. The Bertz CT molecular complexity index is 713. The van der Waals surface area contributed by atoms with Crippen LogP contribution in [0.2, 0.25) is 0 Å². The maximum absolute atomic E-state index is 11.3. The smallest absolute Gasteiger partial charge is 0.353 e. The summed E-state index contributed by atoms with van der Waals surface area (Å²) in [4.78, 5) is 14.9. The molecule has 9 heteroatoms. The van der Waals surface area contributed by atoms with Crippen LogP contribution in [-0.4, -0.2) is 45.1 Å². The maximum Gasteiger partial charge on any atom is 0.353 e. The summed E-state index contributed by atoms with van der Waals surface area (Å²) in [7, 11) is 1.47. The summed E-state index contributed by atoms with van der Waals surface area (Å²) in [5.41, 5.74) is 1.44. The largest absolute Gasteiger partial charge is 0.479 e. The molecule has 0 atom stereocenters. The van der Waals surface area contributed by atoms with Crippen LogP contribution in [0.15, 0.2) is 12.3 Å². The predicted octanol–water partition coefficient (Wildman–Crippen LogP) is 1.56. The van der Waals surface area contributed by atoms with E-state index in [0.29, 0.717) is 23.7 Å². The normalized spacial score (nSPS) is 10.6. The van der Waals surface area contributed by atoms with Crippen LogP contribution in [0, 0.1) is 24.0 Å². The minimum Gasteiger partial charge on any atom is -0.479 e. The number of aliphatic hydroxyl groups is 1. The van der Waals surface area contributed by atoms with E-state index in [1.54, 1.807) is 19.2 Å². The molecule has 0 aliphatic rings. The highest BCUT2D eigenvalue weighted by Crippen LogP contribution is 2.33. The second-order valence-corrected chi connectivity index (χ2v) is 4.87. The van der Waals surface area contributed by atoms with Crippen LogP contribution in [0.25, 0.3) is 5.69 Å². The summed E-state index contributed by atoms with van der Waals surface area (Å²) in [6.07, 6.45) is 1.99. The molecule has 2 rings (SSSR count). The fourth-order valence-corrected chi connectivity index (χ4v) is 2.09. The zero-order valence-corrected chi connectivity index (χ0v) is 13.1. The van der Waals surface area contributed by atoms with Crippen LogP contribution < -0.4 is 9.47 Å². The average Bonchev–Trinajstić information content (AvgIpc) is 2.84. The van der Waals surface area contributed by atoms with Crippen molar-refractivity contribution < 1.29 is 19.5 Å². The SMILES string of the molecule is COc1ncc(C)cc1-n1nc(OCCCO)c([N+](=O)[O-])c1C. The van der Waals surface area contributed by atoms with E-state index in [-0.39, 0.29) is 24.8 Å². The van der Waals surface area contributed by atoms with Gasteiger partial charge in [0.25, 0.3) is 0 Å². The first-order chi connectivity index (χ1) is 11.0. The van der Waals surface area contributed by atoms with E-state index >= 15 is 0 Å². The molecule has 9 nitrogen and oxygen atoms in total. The van der Waals surface area contributed by atoms with E-state index < -0.39 is 4.92 Å². The lowest BCUT2D eigenvalue weighted by molar-refractivity contribution is -0.386. The van der Waals surface area contributed by atoms with Crippen LogP contribution in [0.4, 0.5) is 5.69 Å². The molecule has 0 radical (unpaired) electrons. The summed E-state index contributed by atoms with van der Waals surface area (Å²) in [5, 5.41) is 24.3. The number of rotatable bonds is 7. The highest BCUT2D eigenvalue weighted by atomic mass is 16.6. The fourth-order valence-electron chi connectivity index (χ4n) is 2.09. The molecule has 2 aromatic rings. The molecular formula is C14H18N4O5. The van der Waals surface area contributed by atoms with Gasteiger partial charge in [-0.15, -0.1) is 5.10 Å². The summed E-state index contributed by atoms with van der Waals surface area (Å²) in [5.74, 6) is 0.211. The molecule has 2 heterocycles. The molecule has 124 valence electrons. The molecule has 1 N–H and O–H groups in total. The third-order valence-corrected chi connectivity index (χ3v) is 3.17. The van der Waals surface area contributed by atoms with Crippen molar-refractivity contribution in [2.75, 3.05) is 20.3 Å². The first-order valence-corrected chi connectivity index (χ1v) is 6.98. The van der Waals surface area contributed by atoms with Crippen LogP contribution in [0.3, 0.4) is 0 Å². The molecule has 0 amide bonds. The van der Waals surface area contributed by atoms with Gasteiger partial charge in [0.05, 0.1) is 18.6 Å². The lowest BCUT2D eigenvalue weighted by atomic mass is 10.3. The Morgan fingerprint density at radius 2 is 2.13 bits per heavy atom. The third kappa shape index (κ3) is 3.39. The Hall–Kier alpha value is -2.68. The summed E-state index contributed by atoms with van der Waals surface area (Å²) in [6, 6.07) is 1.77. The Kier molecular flexibility index (Phi) is 5.12. The van der Waals surface area contributed by atoms with Gasteiger partial charge in [0, 0.05) is 19.2 Å². The van der Waals surface area contributed by atoms with Crippen molar-refractivity contribution in [3.05, 3.63) is 33.6 Å². The number of aliphatic hydroxyl groups excluding tert-OH is 1. The molecule has 0 fully saturated rings. The molecule has 23 heavy (non-hydrogen) atoms. The van der Waals surface area contributed by atoms with Gasteiger partial charge in [-0.25, -0.2) is 9.67 Å². The van der Waals surface area contributed by atoms with Crippen molar-refractivity contribution in [2.24, 2.45) is 0 Å². The van der Waals surface area contributed by atoms with Crippen molar-refractivity contribution in [2.45, 2.75) is 20.3 Å².